The number of rotatable bonds is 2. The molecule has 1 heteroatoms. The standard InChI is InChI=1S/C27H32Si/c1-6-22-17-21-12-8-10-14-24(21)27(22)18-26(28(27,5)19-25(2,3)4)16-15-20-11-7-9-13-23(20)26/h7-17H,6,18-19H2,1-5H3. The van der Waals surface area contributed by atoms with Gasteiger partial charge in [0, 0.05) is 10.1 Å². The fourth-order valence-corrected chi connectivity index (χ4v) is 14.8. The maximum Gasteiger partial charge on any atom is 0.0830 e. The molecule has 3 aliphatic rings. The molecule has 0 N–H and O–H groups in total. The highest BCUT2D eigenvalue weighted by molar-refractivity contribution is 6.89. The number of hydrogen-bond donors (Lipinski definition) is 0. The highest BCUT2D eigenvalue weighted by Gasteiger charge is 2.75. The fourth-order valence-electron chi connectivity index (χ4n) is 7.22. The Hall–Kier alpha value is -1.86. The molecule has 3 atom stereocenters. The highest BCUT2D eigenvalue weighted by Crippen LogP contribution is 2.72. The summed E-state index contributed by atoms with van der Waals surface area (Å²) in [7, 11) is -1.81. The average Bonchev–Trinajstić information content (AvgIpc) is 3.20. The van der Waals surface area contributed by atoms with Crippen LogP contribution in [0.15, 0.2) is 60.2 Å². The Balaban J connectivity index is 1.77. The molecule has 0 bridgehead atoms. The Labute approximate surface area is 171 Å². The van der Waals surface area contributed by atoms with E-state index in [0.29, 0.717) is 10.5 Å². The van der Waals surface area contributed by atoms with Gasteiger partial charge in [-0.3, -0.25) is 0 Å². The van der Waals surface area contributed by atoms with Crippen molar-refractivity contribution in [2.75, 3.05) is 0 Å². The van der Waals surface area contributed by atoms with E-state index >= 15 is 0 Å². The molecule has 2 spiro atoms. The van der Waals surface area contributed by atoms with Gasteiger partial charge in [0.25, 0.3) is 0 Å². The minimum Gasteiger partial charge on any atom is -0.0760 e. The molecule has 0 aromatic heterocycles. The van der Waals surface area contributed by atoms with Gasteiger partial charge in [0.15, 0.2) is 0 Å². The minimum atomic E-state index is -1.81. The van der Waals surface area contributed by atoms with Gasteiger partial charge in [-0.25, -0.2) is 0 Å². The van der Waals surface area contributed by atoms with Crippen LogP contribution in [0.3, 0.4) is 0 Å². The summed E-state index contributed by atoms with van der Waals surface area (Å²) in [5.74, 6) is 0. The summed E-state index contributed by atoms with van der Waals surface area (Å²) in [5.41, 5.74) is 8.22. The van der Waals surface area contributed by atoms with Crippen molar-refractivity contribution in [1.82, 2.24) is 0 Å². The molecule has 0 saturated carbocycles. The van der Waals surface area contributed by atoms with Crippen LogP contribution in [0.2, 0.25) is 12.6 Å². The zero-order valence-electron chi connectivity index (χ0n) is 18.0. The summed E-state index contributed by atoms with van der Waals surface area (Å²) >= 11 is 0. The maximum atomic E-state index is 2.74. The van der Waals surface area contributed by atoms with Gasteiger partial charge in [-0.1, -0.05) is 113 Å². The van der Waals surface area contributed by atoms with Gasteiger partial charge >= 0.3 is 0 Å². The average molecular weight is 385 g/mol. The second kappa shape index (κ2) is 5.60. The number of allylic oxidation sites excluding steroid dienone is 2. The third-order valence-electron chi connectivity index (χ3n) is 8.02. The van der Waals surface area contributed by atoms with Gasteiger partial charge in [-0.15, -0.1) is 0 Å². The lowest BCUT2D eigenvalue weighted by Gasteiger charge is -2.70. The second-order valence-corrected chi connectivity index (χ2v) is 15.4. The summed E-state index contributed by atoms with van der Waals surface area (Å²) in [6.07, 6.45) is 10.0. The third-order valence-corrected chi connectivity index (χ3v) is 15.0. The molecule has 0 amide bonds. The van der Waals surface area contributed by atoms with Crippen molar-refractivity contribution < 1.29 is 0 Å². The Morgan fingerprint density at radius 2 is 1.57 bits per heavy atom. The molecule has 2 aromatic carbocycles. The first-order chi connectivity index (χ1) is 13.3. The normalized spacial score (nSPS) is 32.4. The smallest absolute Gasteiger partial charge is 0.0760 e. The van der Waals surface area contributed by atoms with Crippen LogP contribution >= 0.6 is 0 Å². The van der Waals surface area contributed by atoms with Crippen LogP contribution in [0.5, 0.6) is 0 Å². The molecule has 144 valence electrons. The van der Waals surface area contributed by atoms with E-state index in [0.717, 1.165) is 0 Å². The van der Waals surface area contributed by atoms with E-state index < -0.39 is 8.07 Å². The molecule has 0 radical (unpaired) electrons. The molecule has 1 aliphatic heterocycles. The quantitative estimate of drug-likeness (QED) is 0.476. The van der Waals surface area contributed by atoms with Crippen molar-refractivity contribution in [2.45, 2.75) is 63.2 Å². The summed E-state index contributed by atoms with van der Waals surface area (Å²) in [6, 6.07) is 19.8. The molecule has 3 unspecified atom stereocenters. The summed E-state index contributed by atoms with van der Waals surface area (Å²) in [5, 5.41) is 0.579. The molecule has 1 fully saturated rings. The van der Waals surface area contributed by atoms with Crippen LogP contribution < -0.4 is 0 Å². The topological polar surface area (TPSA) is 0 Å². The van der Waals surface area contributed by atoms with Gasteiger partial charge in [0.05, 0.1) is 8.07 Å². The highest BCUT2D eigenvalue weighted by atomic mass is 28.3. The molecule has 1 heterocycles. The monoisotopic (exact) mass is 384 g/mol. The Morgan fingerprint density at radius 1 is 0.929 bits per heavy atom. The van der Waals surface area contributed by atoms with E-state index in [2.05, 4.69) is 101 Å². The Kier molecular flexibility index (Phi) is 3.64. The van der Waals surface area contributed by atoms with E-state index in [4.69, 9.17) is 0 Å². The molecular weight excluding hydrogens is 352 g/mol. The minimum absolute atomic E-state index is 0.280. The van der Waals surface area contributed by atoms with Crippen LogP contribution in [0, 0.1) is 5.41 Å². The van der Waals surface area contributed by atoms with Gasteiger partial charge in [-0.2, -0.15) is 0 Å². The van der Waals surface area contributed by atoms with E-state index in [9.17, 15) is 0 Å². The van der Waals surface area contributed by atoms with Crippen molar-refractivity contribution in [1.29, 1.82) is 0 Å². The Morgan fingerprint density at radius 3 is 2.25 bits per heavy atom. The summed E-state index contributed by atoms with van der Waals surface area (Å²) < 4.78 is 0. The van der Waals surface area contributed by atoms with Crippen molar-refractivity contribution in [2.24, 2.45) is 5.41 Å². The first kappa shape index (κ1) is 18.2. The number of benzene rings is 2. The fraction of sp³-hybridized carbons (Fsp3) is 0.407. The lowest BCUT2D eigenvalue weighted by molar-refractivity contribution is 0.368. The van der Waals surface area contributed by atoms with E-state index in [1.807, 2.05) is 0 Å². The first-order valence-corrected chi connectivity index (χ1v) is 13.6. The van der Waals surface area contributed by atoms with E-state index in [1.54, 1.807) is 16.7 Å². The molecule has 0 nitrogen and oxygen atoms in total. The summed E-state index contributed by atoms with van der Waals surface area (Å²) in [6.45, 7) is 12.5. The molecule has 1 saturated heterocycles. The predicted octanol–water partition coefficient (Wildman–Crippen LogP) is 7.30. The van der Waals surface area contributed by atoms with Crippen LogP contribution in [-0.4, -0.2) is 8.07 Å². The Bertz CT molecular complexity index is 1020. The largest absolute Gasteiger partial charge is 0.0830 e. The number of hydrogen-bond acceptors (Lipinski definition) is 0. The van der Waals surface area contributed by atoms with Crippen LogP contribution in [0.1, 0.15) is 62.8 Å². The van der Waals surface area contributed by atoms with Crippen LogP contribution in [0.4, 0.5) is 0 Å². The lowest BCUT2D eigenvalue weighted by Crippen LogP contribution is -2.78. The van der Waals surface area contributed by atoms with Gasteiger partial charge < -0.3 is 0 Å². The zero-order chi connectivity index (χ0) is 19.8. The van der Waals surface area contributed by atoms with Gasteiger partial charge in [0.2, 0.25) is 0 Å². The lowest BCUT2D eigenvalue weighted by atomic mass is 9.79. The SMILES string of the molecule is CCC1=Cc2ccccc2C12CC1(C=Cc3ccccc31)[Si]2(C)CC(C)(C)C. The van der Waals surface area contributed by atoms with Crippen LogP contribution in [-0.2, 0) is 10.1 Å². The summed E-state index contributed by atoms with van der Waals surface area (Å²) in [4.78, 5) is 0. The molecule has 2 aliphatic carbocycles. The van der Waals surface area contributed by atoms with Gasteiger partial charge in [0.1, 0.15) is 0 Å². The van der Waals surface area contributed by atoms with Crippen molar-refractivity contribution >= 4 is 20.2 Å². The second-order valence-electron chi connectivity index (χ2n) is 10.7. The van der Waals surface area contributed by atoms with Crippen molar-refractivity contribution in [3.05, 3.63) is 82.4 Å². The third kappa shape index (κ3) is 2.01. The zero-order valence-corrected chi connectivity index (χ0v) is 19.0. The van der Waals surface area contributed by atoms with E-state index in [1.165, 1.54) is 30.0 Å². The predicted molar refractivity (Wildman–Crippen MR) is 124 cm³/mol. The van der Waals surface area contributed by atoms with Crippen molar-refractivity contribution in [3.8, 4) is 0 Å². The number of fused-ring (bicyclic) bond motifs is 4. The maximum absolute atomic E-state index is 2.74. The molecule has 5 rings (SSSR count). The molecular formula is C27H32Si. The molecule has 2 aromatic rings. The first-order valence-electron chi connectivity index (χ1n) is 10.9. The van der Waals surface area contributed by atoms with Gasteiger partial charge in [-0.05, 0) is 40.5 Å². The van der Waals surface area contributed by atoms with E-state index in [-0.39, 0.29) is 5.04 Å². The van der Waals surface area contributed by atoms with Crippen molar-refractivity contribution in [3.63, 3.8) is 0 Å². The molecule has 28 heavy (non-hydrogen) atoms. The van der Waals surface area contributed by atoms with Crippen LogP contribution in [0.25, 0.3) is 12.2 Å².